The molecule has 0 saturated carbocycles. The summed E-state index contributed by atoms with van der Waals surface area (Å²) in [5, 5.41) is 3.60. The van der Waals surface area contributed by atoms with Crippen molar-refractivity contribution in [1.82, 2.24) is 15.4 Å². The van der Waals surface area contributed by atoms with E-state index < -0.39 is 0 Å². The van der Waals surface area contributed by atoms with Crippen LogP contribution in [-0.2, 0) is 4.74 Å². The lowest BCUT2D eigenvalue weighted by Gasteiger charge is -2.26. The summed E-state index contributed by atoms with van der Waals surface area (Å²) in [4.78, 5) is 16.4. The lowest BCUT2D eigenvalue weighted by molar-refractivity contribution is 0.0125. The molecule has 3 N–H and O–H groups in total. The van der Waals surface area contributed by atoms with Crippen LogP contribution in [0.3, 0.4) is 0 Å². The molecule has 2 heterocycles. The standard InChI is InChI=1S/C14H16N4O2/c15-13-11-4-2-1-3-10(11)9-12(16-13)14(19)17-18-5-7-20-8-6-18/h1-4,9H,5-8H2,(H2,15,16)(H,17,19). The molecule has 1 aromatic heterocycles. The van der Waals surface area contributed by atoms with Gasteiger partial charge < -0.3 is 10.5 Å². The highest BCUT2D eigenvalue weighted by Gasteiger charge is 2.16. The number of ether oxygens (including phenoxy) is 1. The Morgan fingerprint density at radius 1 is 1.30 bits per heavy atom. The number of nitrogens with two attached hydrogens (primary N) is 1. The van der Waals surface area contributed by atoms with Gasteiger partial charge in [0.2, 0.25) is 0 Å². The Balaban J connectivity index is 1.84. The van der Waals surface area contributed by atoms with Gasteiger partial charge in [-0.15, -0.1) is 0 Å². The minimum atomic E-state index is -0.246. The average molecular weight is 272 g/mol. The van der Waals surface area contributed by atoms with Gasteiger partial charge in [-0.25, -0.2) is 9.99 Å². The molecule has 0 spiro atoms. The van der Waals surface area contributed by atoms with Gasteiger partial charge in [0, 0.05) is 18.5 Å². The van der Waals surface area contributed by atoms with Crippen LogP contribution in [0.15, 0.2) is 30.3 Å². The first kappa shape index (κ1) is 12.8. The number of fused-ring (bicyclic) bond motifs is 1. The van der Waals surface area contributed by atoms with Crippen molar-refractivity contribution in [2.24, 2.45) is 0 Å². The van der Waals surface area contributed by atoms with Crippen molar-refractivity contribution in [2.75, 3.05) is 32.0 Å². The number of carbonyl (C=O) groups excluding carboxylic acids is 1. The Labute approximate surface area is 116 Å². The van der Waals surface area contributed by atoms with E-state index in [1.165, 1.54) is 0 Å². The van der Waals surface area contributed by atoms with E-state index in [1.807, 2.05) is 29.3 Å². The Bertz CT molecular complexity index is 638. The van der Waals surface area contributed by atoms with Gasteiger partial charge in [0.1, 0.15) is 11.5 Å². The second-order valence-corrected chi connectivity index (χ2v) is 4.65. The quantitative estimate of drug-likeness (QED) is 0.845. The third-order valence-corrected chi connectivity index (χ3v) is 3.27. The molecule has 1 aliphatic heterocycles. The number of hydrogen-bond donors (Lipinski definition) is 2. The van der Waals surface area contributed by atoms with Crippen LogP contribution >= 0.6 is 0 Å². The molecule has 1 amide bonds. The lowest BCUT2D eigenvalue weighted by atomic mass is 10.1. The molecule has 20 heavy (non-hydrogen) atoms. The number of pyridine rings is 1. The Morgan fingerprint density at radius 3 is 2.85 bits per heavy atom. The Kier molecular flexibility index (Phi) is 3.49. The normalized spacial score (nSPS) is 16.2. The largest absolute Gasteiger partial charge is 0.383 e. The average Bonchev–Trinajstić information content (AvgIpc) is 2.48. The van der Waals surface area contributed by atoms with Gasteiger partial charge >= 0.3 is 0 Å². The highest BCUT2D eigenvalue weighted by Crippen LogP contribution is 2.19. The molecule has 1 aromatic carbocycles. The molecular weight excluding hydrogens is 256 g/mol. The zero-order valence-corrected chi connectivity index (χ0v) is 11.0. The fourth-order valence-corrected chi connectivity index (χ4v) is 2.22. The van der Waals surface area contributed by atoms with Crippen LogP contribution in [0.25, 0.3) is 10.8 Å². The van der Waals surface area contributed by atoms with Crippen molar-refractivity contribution >= 4 is 22.5 Å². The number of nitrogens with zero attached hydrogens (tertiary/aromatic N) is 2. The maximum atomic E-state index is 12.2. The molecule has 3 rings (SSSR count). The number of anilines is 1. The third kappa shape index (κ3) is 2.56. The summed E-state index contributed by atoms with van der Waals surface area (Å²) >= 11 is 0. The molecule has 6 heteroatoms. The fraction of sp³-hybridized carbons (Fsp3) is 0.286. The number of aromatic nitrogens is 1. The van der Waals surface area contributed by atoms with Gasteiger partial charge in [0.05, 0.1) is 13.2 Å². The van der Waals surface area contributed by atoms with Crippen LogP contribution in [0.2, 0.25) is 0 Å². The number of rotatable bonds is 2. The molecule has 0 atom stereocenters. The van der Waals surface area contributed by atoms with Gasteiger partial charge in [-0.3, -0.25) is 10.2 Å². The zero-order valence-electron chi connectivity index (χ0n) is 11.0. The van der Waals surface area contributed by atoms with E-state index in [-0.39, 0.29) is 5.91 Å². The summed E-state index contributed by atoms with van der Waals surface area (Å²) in [5.41, 5.74) is 9.05. The molecule has 0 radical (unpaired) electrons. The molecule has 1 fully saturated rings. The number of carbonyl (C=O) groups is 1. The number of hydrazine groups is 1. The monoisotopic (exact) mass is 272 g/mol. The zero-order chi connectivity index (χ0) is 13.9. The predicted molar refractivity (Wildman–Crippen MR) is 76.0 cm³/mol. The van der Waals surface area contributed by atoms with Crippen LogP contribution in [0.4, 0.5) is 5.82 Å². The number of nitrogens with one attached hydrogen (secondary N) is 1. The van der Waals surface area contributed by atoms with Gasteiger partial charge in [-0.05, 0) is 11.5 Å². The highest BCUT2D eigenvalue weighted by atomic mass is 16.5. The minimum absolute atomic E-state index is 0.246. The van der Waals surface area contributed by atoms with E-state index in [9.17, 15) is 4.79 Å². The summed E-state index contributed by atoms with van der Waals surface area (Å²) < 4.78 is 5.24. The molecular formula is C14H16N4O2. The SMILES string of the molecule is Nc1nc(C(=O)NN2CCOCC2)cc2ccccc12. The number of hydrogen-bond acceptors (Lipinski definition) is 5. The summed E-state index contributed by atoms with van der Waals surface area (Å²) in [6, 6.07) is 9.36. The van der Waals surface area contributed by atoms with Crippen LogP contribution < -0.4 is 11.2 Å². The van der Waals surface area contributed by atoms with E-state index in [1.54, 1.807) is 6.07 Å². The number of benzene rings is 1. The van der Waals surface area contributed by atoms with Gasteiger partial charge in [-0.1, -0.05) is 24.3 Å². The van der Waals surface area contributed by atoms with E-state index in [4.69, 9.17) is 10.5 Å². The van der Waals surface area contributed by atoms with Crippen molar-refractivity contribution in [3.63, 3.8) is 0 Å². The van der Waals surface area contributed by atoms with Crippen molar-refractivity contribution in [1.29, 1.82) is 0 Å². The first-order chi connectivity index (χ1) is 9.74. The predicted octanol–water partition coefficient (Wildman–Crippen LogP) is 0.794. The van der Waals surface area contributed by atoms with E-state index in [2.05, 4.69) is 10.4 Å². The first-order valence-electron chi connectivity index (χ1n) is 6.53. The maximum Gasteiger partial charge on any atom is 0.284 e. The van der Waals surface area contributed by atoms with E-state index >= 15 is 0 Å². The van der Waals surface area contributed by atoms with Crippen LogP contribution in [-0.4, -0.2) is 42.2 Å². The highest BCUT2D eigenvalue weighted by molar-refractivity contribution is 5.99. The van der Waals surface area contributed by atoms with Crippen molar-refractivity contribution in [3.8, 4) is 0 Å². The molecule has 6 nitrogen and oxygen atoms in total. The fourth-order valence-electron chi connectivity index (χ4n) is 2.22. The molecule has 2 aromatic rings. The Hall–Kier alpha value is -2.18. The van der Waals surface area contributed by atoms with Gasteiger partial charge in [0.25, 0.3) is 5.91 Å². The number of nitrogen functional groups attached to an aromatic ring is 1. The van der Waals surface area contributed by atoms with Crippen LogP contribution in [0, 0.1) is 0 Å². The maximum absolute atomic E-state index is 12.2. The second-order valence-electron chi connectivity index (χ2n) is 4.65. The summed E-state index contributed by atoms with van der Waals surface area (Å²) in [5.74, 6) is 0.125. The molecule has 0 bridgehead atoms. The molecule has 1 saturated heterocycles. The van der Waals surface area contributed by atoms with Crippen molar-refractivity contribution in [2.45, 2.75) is 0 Å². The second kappa shape index (κ2) is 5.44. The summed E-state index contributed by atoms with van der Waals surface area (Å²) in [7, 11) is 0. The molecule has 0 unspecified atom stereocenters. The first-order valence-corrected chi connectivity index (χ1v) is 6.53. The number of amides is 1. The Morgan fingerprint density at radius 2 is 2.05 bits per heavy atom. The summed E-state index contributed by atoms with van der Waals surface area (Å²) in [6.07, 6.45) is 0. The minimum Gasteiger partial charge on any atom is -0.383 e. The molecule has 104 valence electrons. The van der Waals surface area contributed by atoms with Crippen molar-refractivity contribution in [3.05, 3.63) is 36.0 Å². The number of morpholine rings is 1. The van der Waals surface area contributed by atoms with Crippen LogP contribution in [0.5, 0.6) is 0 Å². The van der Waals surface area contributed by atoms with Crippen molar-refractivity contribution < 1.29 is 9.53 Å². The van der Waals surface area contributed by atoms with E-state index in [0.717, 1.165) is 10.8 Å². The molecule has 1 aliphatic rings. The van der Waals surface area contributed by atoms with Gasteiger partial charge in [-0.2, -0.15) is 0 Å². The summed E-state index contributed by atoms with van der Waals surface area (Å²) in [6.45, 7) is 2.59. The third-order valence-electron chi connectivity index (χ3n) is 3.27. The topological polar surface area (TPSA) is 80.5 Å². The van der Waals surface area contributed by atoms with Gasteiger partial charge in [0.15, 0.2) is 0 Å². The lowest BCUT2D eigenvalue weighted by Crippen LogP contribution is -2.48. The smallest absolute Gasteiger partial charge is 0.284 e. The van der Waals surface area contributed by atoms with E-state index in [0.29, 0.717) is 37.8 Å². The van der Waals surface area contributed by atoms with Crippen LogP contribution in [0.1, 0.15) is 10.5 Å². The molecule has 0 aliphatic carbocycles.